The molecule has 0 unspecified atom stereocenters. The summed E-state index contributed by atoms with van der Waals surface area (Å²) in [6.07, 6.45) is 1.36. The fourth-order valence-corrected chi connectivity index (χ4v) is 1.45. The van der Waals surface area contributed by atoms with Gasteiger partial charge in [0.15, 0.2) is 0 Å². The van der Waals surface area contributed by atoms with E-state index in [1.54, 1.807) is 24.3 Å². The Morgan fingerprint density at radius 2 is 2.19 bits per heavy atom. The van der Waals surface area contributed by atoms with Crippen molar-refractivity contribution < 1.29 is 9.21 Å². The number of carbonyl (C=O) groups excluding carboxylic acids is 1. The molecule has 3 N–H and O–H groups in total. The second kappa shape index (κ2) is 4.28. The standard InChI is InChI=1S/C11H9ClN2O2/c12-7-2-1-3-8(6-7)14-11(15)10-9(13)4-5-16-10/h1-6H,13H2,(H,14,15). The van der Waals surface area contributed by atoms with Crippen LogP contribution in [0.2, 0.25) is 5.02 Å². The number of anilines is 2. The number of hydrogen-bond donors (Lipinski definition) is 2. The van der Waals surface area contributed by atoms with Crippen molar-refractivity contribution in [3.63, 3.8) is 0 Å². The molecule has 0 aliphatic heterocycles. The van der Waals surface area contributed by atoms with Crippen LogP contribution in [-0.2, 0) is 0 Å². The maximum absolute atomic E-state index is 11.7. The van der Waals surface area contributed by atoms with E-state index in [1.807, 2.05) is 0 Å². The molecule has 2 aromatic rings. The highest BCUT2D eigenvalue weighted by Gasteiger charge is 2.13. The van der Waals surface area contributed by atoms with E-state index in [0.717, 1.165) is 0 Å². The van der Waals surface area contributed by atoms with Crippen molar-refractivity contribution in [2.24, 2.45) is 0 Å². The molecule has 2 rings (SSSR count). The Morgan fingerprint density at radius 3 is 2.81 bits per heavy atom. The minimum atomic E-state index is -0.398. The predicted octanol–water partition coefficient (Wildman–Crippen LogP) is 2.77. The first-order chi connectivity index (χ1) is 7.66. The summed E-state index contributed by atoms with van der Waals surface area (Å²) in [6.45, 7) is 0. The molecule has 1 aromatic heterocycles. The maximum Gasteiger partial charge on any atom is 0.293 e. The van der Waals surface area contributed by atoms with Crippen molar-refractivity contribution >= 4 is 28.9 Å². The average Bonchev–Trinajstić information content (AvgIpc) is 2.64. The molecule has 0 radical (unpaired) electrons. The monoisotopic (exact) mass is 236 g/mol. The van der Waals surface area contributed by atoms with E-state index < -0.39 is 5.91 Å². The molecule has 0 bridgehead atoms. The number of halogens is 1. The van der Waals surface area contributed by atoms with Crippen molar-refractivity contribution in [1.82, 2.24) is 0 Å². The van der Waals surface area contributed by atoms with Crippen LogP contribution in [0, 0.1) is 0 Å². The van der Waals surface area contributed by atoms with E-state index in [1.165, 1.54) is 12.3 Å². The molecule has 1 amide bonds. The Morgan fingerprint density at radius 1 is 1.38 bits per heavy atom. The number of nitrogen functional groups attached to an aromatic ring is 1. The number of benzene rings is 1. The lowest BCUT2D eigenvalue weighted by atomic mass is 10.3. The lowest BCUT2D eigenvalue weighted by Crippen LogP contribution is -2.12. The summed E-state index contributed by atoms with van der Waals surface area (Å²) < 4.78 is 4.96. The van der Waals surface area contributed by atoms with Gasteiger partial charge in [0.1, 0.15) is 0 Å². The fraction of sp³-hybridized carbons (Fsp3) is 0. The highest BCUT2D eigenvalue weighted by Crippen LogP contribution is 2.18. The number of nitrogens with two attached hydrogens (primary N) is 1. The maximum atomic E-state index is 11.7. The third-order valence-electron chi connectivity index (χ3n) is 1.98. The summed E-state index contributed by atoms with van der Waals surface area (Å²) in [5.41, 5.74) is 6.44. The molecule has 0 spiro atoms. The van der Waals surface area contributed by atoms with Gasteiger partial charge < -0.3 is 15.5 Å². The molecule has 1 heterocycles. The zero-order valence-corrected chi connectivity index (χ0v) is 8.99. The highest BCUT2D eigenvalue weighted by molar-refractivity contribution is 6.30. The minimum absolute atomic E-state index is 0.0972. The molecule has 82 valence electrons. The van der Waals surface area contributed by atoms with Crippen molar-refractivity contribution in [1.29, 1.82) is 0 Å². The summed E-state index contributed by atoms with van der Waals surface area (Å²) in [6, 6.07) is 8.34. The second-order valence-electron chi connectivity index (χ2n) is 3.17. The van der Waals surface area contributed by atoms with E-state index in [-0.39, 0.29) is 5.76 Å². The summed E-state index contributed by atoms with van der Waals surface area (Å²) >= 11 is 5.79. The lowest BCUT2D eigenvalue weighted by Gasteiger charge is -2.03. The van der Waals surface area contributed by atoms with Gasteiger partial charge in [0, 0.05) is 16.8 Å². The largest absolute Gasteiger partial charge is 0.457 e. The lowest BCUT2D eigenvalue weighted by molar-refractivity contribution is 0.0998. The Labute approximate surface area is 97.0 Å². The number of hydrogen-bond acceptors (Lipinski definition) is 3. The third-order valence-corrected chi connectivity index (χ3v) is 2.22. The van der Waals surface area contributed by atoms with Gasteiger partial charge in [0.25, 0.3) is 5.91 Å². The van der Waals surface area contributed by atoms with Crippen LogP contribution in [0.5, 0.6) is 0 Å². The molecule has 0 aliphatic carbocycles. The Bertz CT molecular complexity index is 522. The molecule has 0 saturated carbocycles. The van der Waals surface area contributed by atoms with Crippen molar-refractivity contribution in [2.75, 3.05) is 11.1 Å². The summed E-state index contributed by atoms with van der Waals surface area (Å²) in [4.78, 5) is 11.7. The molecule has 4 nitrogen and oxygen atoms in total. The number of nitrogens with one attached hydrogen (secondary N) is 1. The normalized spacial score (nSPS) is 10.1. The molecule has 5 heteroatoms. The zero-order chi connectivity index (χ0) is 11.5. The first-order valence-electron chi connectivity index (χ1n) is 4.56. The van der Waals surface area contributed by atoms with Gasteiger partial charge in [-0.1, -0.05) is 17.7 Å². The van der Waals surface area contributed by atoms with E-state index in [9.17, 15) is 4.79 Å². The van der Waals surface area contributed by atoms with Crippen molar-refractivity contribution in [3.05, 3.63) is 47.4 Å². The molecule has 0 saturated heterocycles. The molecule has 0 aliphatic rings. The van der Waals surface area contributed by atoms with Crippen LogP contribution in [0.3, 0.4) is 0 Å². The summed E-state index contributed by atoms with van der Waals surface area (Å²) in [5, 5.41) is 3.18. The molecule has 0 atom stereocenters. The Balaban J connectivity index is 2.17. The van der Waals surface area contributed by atoms with Crippen LogP contribution in [0.15, 0.2) is 41.0 Å². The van der Waals surface area contributed by atoms with Gasteiger partial charge in [-0.2, -0.15) is 0 Å². The van der Waals surface area contributed by atoms with Crippen LogP contribution in [-0.4, -0.2) is 5.91 Å². The Hall–Kier alpha value is -1.94. The van der Waals surface area contributed by atoms with E-state index in [4.69, 9.17) is 21.8 Å². The van der Waals surface area contributed by atoms with Crippen LogP contribution in [0.1, 0.15) is 10.6 Å². The molecular formula is C11H9ClN2O2. The van der Waals surface area contributed by atoms with Crippen LogP contribution < -0.4 is 11.1 Å². The van der Waals surface area contributed by atoms with Crippen LogP contribution in [0.25, 0.3) is 0 Å². The van der Waals surface area contributed by atoms with Crippen LogP contribution >= 0.6 is 11.6 Å². The number of amides is 1. The minimum Gasteiger partial charge on any atom is -0.457 e. The second-order valence-corrected chi connectivity index (χ2v) is 3.61. The van der Waals surface area contributed by atoms with E-state index in [0.29, 0.717) is 16.4 Å². The number of carbonyl (C=O) groups is 1. The topological polar surface area (TPSA) is 68.3 Å². The fourth-order valence-electron chi connectivity index (χ4n) is 1.26. The molecular weight excluding hydrogens is 228 g/mol. The van der Waals surface area contributed by atoms with E-state index >= 15 is 0 Å². The van der Waals surface area contributed by atoms with Gasteiger partial charge in [-0.3, -0.25) is 4.79 Å². The first kappa shape index (κ1) is 10.6. The first-order valence-corrected chi connectivity index (χ1v) is 4.94. The summed E-state index contributed by atoms with van der Waals surface area (Å²) in [5.74, 6) is -0.301. The smallest absolute Gasteiger partial charge is 0.293 e. The predicted molar refractivity (Wildman–Crippen MR) is 62.5 cm³/mol. The van der Waals surface area contributed by atoms with E-state index in [2.05, 4.69) is 5.32 Å². The van der Waals surface area contributed by atoms with Gasteiger partial charge in [0.2, 0.25) is 5.76 Å². The van der Waals surface area contributed by atoms with Gasteiger partial charge in [-0.15, -0.1) is 0 Å². The SMILES string of the molecule is Nc1ccoc1C(=O)Nc1cccc(Cl)c1. The average molecular weight is 237 g/mol. The number of rotatable bonds is 2. The number of furan rings is 1. The highest BCUT2D eigenvalue weighted by atomic mass is 35.5. The van der Waals surface area contributed by atoms with Gasteiger partial charge >= 0.3 is 0 Å². The van der Waals surface area contributed by atoms with Gasteiger partial charge in [-0.05, 0) is 18.2 Å². The van der Waals surface area contributed by atoms with Gasteiger partial charge in [0.05, 0.1) is 12.0 Å². The van der Waals surface area contributed by atoms with Crippen molar-refractivity contribution in [2.45, 2.75) is 0 Å². The van der Waals surface area contributed by atoms with Gasteiger partial charge in [-0.25, -0.2) is 0 Å². The quantitative estimate of drug-likeness (QED) is 0.843. The molecule has 1 aromatic carbocycles. The summed E-state index contributed by atoms with van der Waals surface area (Å²) in [7, 11) is 0. The van der Waals surface area contributed by atoms with Crippen molar-refractivity contribution in [3.8, 4) is 0 Å². The molecule has 0 fully saturated rings. The molecule has 16 heavy (non-hydrogen) atoms. The Kier molecular flexibility index (Phi) is 2.83. The zero-order valence-electron chi connectivity index (χ0n) is 8.24. The third kappa shape index (κ3) is 2.17. The van der Waals surface area contributed by atoms with Crippen LogP contribution in [0.4, 0.5) is 11.4 Å².